The standard InChI is InChI=1S/C12H12FN2O3.3CH3.Sn/c1-12(10(14)16,9-6-15-11(17)18-9)7-3-2-4-8(13)5-7;;;;/h2-3,5,9H,6H2,1H3,(H2,14,16)(H,15,17);3*1H3;. The van der Waals surface area contributed by atoms with Gasteiger partial charge in [-0.2, -0.15) is 0 Å². The van der Waals surface area contributed by atoms with Crippen LogP contribution in [-0.2, 0) is 14.9 Å². The van der Waals surface area contributed by atoms with Gasteiger partial charge >= 0.3 is 133 Å². The van der Waals surface area contributed by atoms with Crippen LogP contribution in [0.5, 0.6) is 0 Å². The number of hydrogen-bond acceptors (Lipinski definition) is 3. The number of amides is 2. The van der Waals surface area contributed by atoms with Gasteiger partial charge in [0.25, 0.3) is 0 Å². The predicted molar refractivity (Wildman–Crippen MR) is 84.2 cm³/mol. The van der Waals surface area contributed by atoms with Gasteiger partial charge in [-0.1, -0.05) is 0 Å². The van der Waals surface area contributed by atoms with Gasteiger partial charge in [-0.05, 0) is 0 Å². The summed E-state index contributed by atoms with van der Waals surface area (Å²) in [6, 6.07) is 4.82. The second-order valence-electron chi connectivity index (χ2n) is 6.79. The maximum absolute atomic E-state index is 14.5. The Balaban J connectivity index is 2.48. The number of hydrogen-bond donors (Lipinski definition) is 2. The first kappa shape index (κ1) is 17.0. The Morgan fingerprint density at radius 1 is 1.45 bits per heavy atom. The third-order valence-electron chi connectivity index (χ3n) is 4.21. The number of carbonyl (C=O) groups excluding carboxylic acids is 2. The number of halogens is 1. The number of primary amides is 1. The SMILES string of the molecule is CC(C(N)=O)(c1cc[c]([Sn]([CH3])([CH3])[CH3])c(F)c1)C1CNC(=O)O1. The van der Waals surface area contributed by atoms with Crippen LogP contribution in [0.2, 0.25) is 14.8 Å². The monoisotopic (exact) mass is 416 g/mol. The molecule has 2 amide bonds. The van der Waals surface area contributed by atoms with Crippen LogP contribution in [0.3, 0.4) is 0 Å². The Labute approximate surface area is 133 Å². The molecule has 3 N–H and O–H groups in total. The van der Waals surface area contributed by atoms with Gasteiger partial charge < -0.3 is 0 Å². The van der Waals surface area contributed by atoms with Crippen molar-refractivity contribution in [3.05, 3.63) is 29.6 Å². The zero-order valence-corrected chi connectivity index (χ0v) is 16.1. The van der Waals surface area contributed by atoms with Gasteiger partial charge in [0, 0.05) is 0 Å². The van der Waals surface area contributed by atoms with Crippen molar-refractivity contribution in [2.75, 3.05) is 6.54 Å². The molecule has 0 aromatic heterocycles. The topological polar surface area (TPSA) is 81.4 Å². The Morgan fingerprint density at radius 3 is 2.50 bits per heavy atom. The quantitative estimate of drug-likeness (QED) is 0.727. The molecule has 120 valence electrons. The Morgan fingerprint density at radius 2 is 2.09 bits per heavy atom. The summed E-state index contributed by atoms with van der Waals surface area (Å²) in [6.07, 6.45) is -1.35. The summed E-state index contributed by atoms with van der Waals surface area (Å²) in [5.41, 5.74) is 4.69. The number of rotatable bonds is 4. The first-order chi connectivity index (χ1) is 10.1. The van der Waals surface area contributed by atoms with Crippen molar-refractivity contribution in [1.82, 2.24) is 5.32 Å². The molecular formula is C15H21FN2O3Sn. The summed E-state index contributed by atoms with van der Waals surface area (Å²) < 4.78 is 20.4. The van der Waals surface area contributed by atoms with E-state index >= 15 is 0 Å². The summed E-state index contributed by atoms with van der Waals surface area (Å²) in [5.74, 6) is -0.967. The molecule has 1 heterocycles. The van der Waals surface area contributed by atoms with Crippen LogP contribution in [0.25, 0.3) is 0 Å². The molecule has 0 aliphatic carbocycles. The third kappa shape index (κ3) is 2.93. The molecule has 1 aliphatic rings. The normalized spacial score (nSPS) is 21.0. The van der Waals surface area contributed by atoms with E-state index in [4.69, 9.17) is 10.5 Å². The van der Waals surface area contributed by atoms with E-state index in [1.807, 2.05) is 0 Å². The molecule has 0 saturated carbocycles. The fourth-order valence-corrected chi connectivity index (χ4v) is 6.56. The number of nitrogens with one attached hydrogen (secondary N) is 1. The summed E-state index contributed by atoms with van der Waals surface area (Å²) >= 11 is -2.57. The molecule has 1 saturated heterocycles. The van der Waals surface area contributed by atoms with Crippen molar-refractivity contribution in [1.29, 1.82) is 0 Å². The fraction of sp³-hybridized carbons (Fsp3) is 0.467. The molecule has 1 aromatic carbocycles. The summed E-state index contributed by atoms with van der Waals surface area (Å²) in [7, 11) is 0. The second kappa shape index (κ2) is 5.71. The van der Waals surface area contributed by atoms with Crippen molar-refractivity contribution in [3.63, 3.8) is 0 Å². The zero-order chi connectivity index (χ0) is 16.7. The molecule has 22 heavy (non-hydrogen) atoms. The van der Waals surface area contributed by atoms with E-state index in [0.717, 1.165) is 3.58 Å². The molecule has 1 aromatic rings. The van der Waals surface area contributed by atoms with E-state index in [9.17, 15) is 14.0 Å². The average Bonchev–Trinajstić information content (AvgIpc) is 2.82. The van der Waals surface area contributed by atoms with Crippen LogP contribution in [0, 0.1) is 5.82 Å². The van der Waals surface area contributed by atoms with E-state index in [-0.39, 0.29) is 12.4 Å². The third-order valence-corrected chi connectivity index (χ3v) is 9.98. The van der Waals surface area contributed by atoms with Crippen LogP contribution in [0.1, 0.15) is 12.5 Å². The number of alkyl carbamates (subject to hydrolysis) is 1. The molecule has 0 spiro atoms. The molecular weight excluding hydrogens is 394 g/mol. The Hall–Kier alpha value is -1.31. The van der Waals surface area contributed by atoms with Crippen LogP contribution in [0.4, 0.5) is 9.18 Å². The van der Waals surface area contributed by atoms with Gasteiger partial charge in [0.2, 0.25) is 0 Å². The maximum atomic E-state index is 14.5. The van der Waals surface area contributed by atoms with Gasteiger partial charge in [0.05, 0.1) is 0 Å². The number of nitrogens with two attached hydrogens (primary N) is 1. The van der Waals surface area contributed by atoms with E-state index < -0.39 is 41.9 Å². The van der Waals surface area contributed by atoms with E-state index in [1.165, 1.54) is 6.07 Å². The van der Waals surface area contributed by atoms with E-state index in [2.05, 4.69) is 20.1 Å². The molecule has 5 nitrogen and oxygen atoms in total. The molecule has 0 bridgehead atoms. The van der Waals surface area contributed by atoms with Crippen LogP contribution in [-0.4, -0.2) is 43.0 Å². The Kier molecular flexibility index (Phi) is 4.43. The fourth-order valence-electron chi connectivity index (χ4n) is 2.64. The number of benzene rings is 1. The average molecular weight is 415 g/mol. The van der Waals surface area contributed by atoms with Crippen LogP contribution < -0.4 is 14.6 Å². The number of cyclic esters (lactones) is 1. The van der Waals surface area contributed by atoms with Gasteiger partial charge in [-0.15, -0.1) is 0 Å². The number of ether oxygens (including phenoxy) is 1. The summed E-state index contributed by atoms with van der Waals surface area (Å²) in [4.78, 5) is 29.6. The number of carbonyl (C=O) groups is 2. The van der Waals surface area contributed by atoms with Crippen molar-refractivity contribution in [2.45, 2.75) is 33.3 Å². The first-order valence-corrected chi connectivity index (χ1v) is 17.1. The van der Waals surface area contributed by atoms with Gasteiger partial charge in [0.15, 0.2) is 0 Å². The molecule has 1 fully saturated rings. The van der Waals surface area contributed by atoms with Crippen LogP contribution >= 0.6 is 0 Å². The molecule has 1 aliphatic heterocycles. The Bertz CT molecular complexity index is 630. The van der Waals surface area contributed by atoms with E-state index in [1.54, 1.807) is 19.1 Å². The zero-order valence-electron chi connectivity index (χ0n) is 13.2. The second-order valence-corrected chi connectivity index (χ2v) is 21.2. The molecule has 2 unspecified atom stereocenters. The van der Waals surface area contributed by atoms with Gasteiger partial charge in [0.1, 0.15) is 0 Å². The minimum atomic E-state index is -2.57. The predicted octanol–water partition coefficient (Wildman–Crippen LogP) is 1.22. The van der Waals surface area contributed by atoms with Crippen molar-refractivity contribution in [2.24, 2.45) is 5.73 Å². The molecule has 0 radical (unpaired) electrons. The summed E-state index contributed by atoms with van der Waals surface area (Å²) in [5, 5.41) is 2.50. The minimum absolute atomic E-state index is 0.167. The first-order valence-electron chi connectivity index (χ1n) is 7.11. The van der Waals surface area contributed by atoms with Gasteiger partial charge in [-0.25, -0.2) is 0 Å². The van der Waals surface area contributed by atoms with Crippen molar-refractivity contribution >= 4 is 34.0 Å². The van der Waals surface area contributed by atoms with Crippen LogP contribution in [0.15, 0.2) is 18.2 Å². The molecule has 7 heteroatoms. The van der Waals surface area contributed by atoms with Crippen molar-refractivity contribution in [3.8, 4) is 0 Å². The summed E-state index contributed by atoms with van der Waals surface area (Å²) in [6.45, 7) is 1.75. The van der Waals surface area contributed by atoms with E-state index in [0.29, 0.717) is 5.56 Å². The molecule has 2 atom stereocenters. The van der Waals surface area contributed by atoms with Gasteiger partial charge in [-0.3, -0.25) is 0 Å². The molecule has 2 rings (SSSR count). The van der Waals surface area contributed by atoms with Crippen molar-refractivity contribution < 1.29 is 18.7 Å².